The van der Waals surface area contributed by atoms with E-state index >= 15 is 0 Å². The third-order valence-electron chi connectivity index (χ3n) is 2.68. The zero-order chi connectivity index (χ0) is 10.4. The van der Waals surface area contributed by atoms with E-state index in [1.807, 2.05) is 0 Å². The summed E-state index contributed by atoms with van der Waals surface area (Å²) in [5.41, 5.74) is 3.92. The maximum atomic E-state index is 13.0. The minimum Gasteiger partial charge on any atom is -0.356 e. The van der Waals surface area contributed by atoms with Crippen molar-refractivity contribution in [1.82, 2.24) is 5.16 Å². The lowest BCUT2D eigenvalue weighted by Gasteiger charge is -1.97. The second kappa shape index (κ2) is 3.17. The largest absolute Gasteiger partial charge is 0.356 e. The number of hydrogen-bond donors (Lipinski definition) is 0. The Kier molecular flexibility index (Phi) is 1.92. The molecular formula is C11H7BrFNO. The molecule has 0 saturated carbocycles. The molecule has 3 rings (SSSR count). The molecule has 1 aromatic heterocycles. The Labute approximate surface area is 94.2 Å². The van der Waals surface area contributed by atoms with Crippen LogP contribution in [0, 0.1) is 5.82 Å². The predicted molar refractivity (Wildman–Crippen MR) is 57.3 cm³/mol. The highest BCUT2D eigenvalue weighted by molar-refractivity contribution is 9.08. The Bertz CT molecular complexity index is 535. The van der Waals surface area contributed by atoms with E-state index in [1.54, 1.807) is 12.1 Å². The van der Waals surface area contributed by atoms with Gasteiger partial charge in [0.25, 0.3) is 0 Å². The van der Waals surface area contributed by atoms with Crippen molar-refractivity contribution in [2.24, 2.45) is 0 Å². The lowest BCUT2D eigenvalue weighted by molar-refractivity contribution is 0.427. The second-order valence-corrected chi connectivity index (χ2v) is 4.11. The summed E-state index contributed by atoms with van der Waals surface area (Å²) >= 11 is 3.35. The van der Waals surface area contributed by atoms with Crippen LogP contribution in [0.15, 0.2) is 22.7 Å². The molecule has 0 N–H and O–H groups in total. The first-order valence-corrected chi connectivity index (χ1v) is 5.74. The molecule has 0 aliphatic heterocycles. The molecule has 0 saturated heterocycles. The number of halogens is 2. The molecular weight excluding hydrogens is 261 g/mol. The van der Waals surface area contributed by atoms with E-state index in [0.717, 1.165) is 28.1 Å². The van der Waals surface area contributed by atoms with Gasteiger partial charge in [-0.25, -0.2) is 4.39 Å². The molecule has 1 aromatic carbocycles. The second-order valence-electron chi connectivity index (χ2n) is 3.55. The standard InChI is InChI=1S/C11H7BrFNO/c12-5-10-9-4-6-3-7(13)1-2-8(6)11(9)15-14-10/h1-3H,4-5H2. The summed E-state index contributed by atoms with van der Waals surface area (Å²) in [4.78, 5) is 0. The van der Waals surface area contributed by atoms with Crippen LogP contribution in [-0.4, -0.2) is 5.16 Å². The van der Waals surface area contributed by atoms with Crippen LogP contribution in [0.4, 0.5) is 4.39 Å². The SMILES string of the molecule is Fc1ccc2c(c1)Cc1c(CBr)noc1-2. The van der Waals surface area contributed by atoms with Crippen LogP contribution in [0.25, 0.3) is 11.3 Å². The van der Waals surface area contributed by atoms with Crippen molar-refractivity contribution < 1.29 is 8.91 Å². The summed E-state index contributed by atoms with van der Waals surface area (Å²) in [6.45, 7) is 0. The van der Waals surface area contributed by atoms with Crippen molar-refractivity contribution in [3.05, 3.63) is 40.8 Å². The highest BCUT2D eigenvalue weighted by Crippen LogP contribution is 2.38. The summed E-state index contributed by atoms with van der Waals surface area (Å²) in [5.74, 6) is 0.590. The van der Waals surface area contributed by atoms with Gasteiger partial charge in [-0.15, -0.1) is 0 Å². The summed E-state index contributed by atoms with van der Waals surface area (Å²) in [7, 11) is 0. The monoisotopic (exact) mass is 267 g/mol. The Morgan fingerprint density at radius 3 is 3.13 bits per heavy atom. The van der Waals surface area contributed by atoms with Crippen LogP contribution in [0.3, 0.4) is 0 Å². The summed E-state index contributed by atoms with van der Waals surface area (Å²) in [6, 6.07) is 4.76. The van der Waals surface area contributed by atoms with Gasteiger partial charge in [-0.05, 0) is 23.8 Å². The van der Waals surface area contributed by atoms with Gasteiger partial charge in [0.05, 0.1) is 5.69 Å². The number of alkyl halides is 1. The smallest absolute Gasteiger partial charge is 0.170 e. The van der Waals surface area contributed by atoms with Crippen molar-refractivity contribution in [1.29, 1.82) is 0 Å². The van der Waals surface area contributed by atoms with Crippen molar-refractivity contribution in [2.75, 3.05) is 0 Å². The first-order chi connectivity index (χ1) is 7.29. The molecule has 15 heavy (non-hydrogen) atoms. The van der Waals surface area contributed by atoms with Crippen LogP contribution >= 0.6 is 15.9 Å². The van der Waals surface area contributed by atoms with Gasteiger partial charge in [-0.2, -0.15) is 0 Å². The van der Waals surface area contributed by atoms with Gasteiger partial charge < -0.3 is 4.52 Å². The predicted octanol–water partition coefficient (Wildman–Crippen LogP) is 3.28. The molecule has 1 aliphatic carbocycles. The van der Waals surface area contributed by atoms with E-state index in [1.165, 1.54) is 6.07 Å². The summed E-state index contributed by atoms with van der Waals surface area (Å²) < 4.78 is 18.3. The van der Waals surface area contributed by atoms with Crippen molar-refractivity contribution in [3.8, 4) is 11.3 Å². The van der Waals surface area contributed by atoms with E-state index in [0.29, 0.717) is 11.8 Å². The molecule has 0 bridgehead atoms. The zero-order valence-corrected chi connectivity index (χ0v) is 9.34. The molecule has 0 unspecified atom stereocenters. The normalized spacial score (nSPS) is 12.7. The number of hydrogen-bond acceptors (Lipinski definition) is 2. The van der Waals surface area contributed by atoms with Crippen LogP contribution < -0.4 is 0 Å². The molecule has 2 nitrogen and oxygen atoms in total. The number of benzene rings is 1. The lowest BCUT2D eigenvalue weighted by atomic mass is 10.1. The summed E-state index contributed by atoms with van der Waals surface area (Å²) in [5, 5.41) is 4.63. The van der Waals surface area contributed by atoms with Crippen molar-refractivity contribution in [2.45, 2.75) is 11.8 Å². The minimum atomic E-state index is -0.202. The van der Waals surface area contributed by atoms with E-state index in [2.05, 4.69) is 21.1 Å². The van der Waals surface area contributed by atoms with Crippen LogP contribution in [0.2, 0.25) is 0 Å². The Morgan fingerprint density at radius 2 is 2.33 bits per heavy atom. The fraction of sp³-hybridized carbons (Fsp3) is 0.182. The van der Waals surface area contributed by atoms with E-state index < -0.39 is 0 Å². The fourth-order valence-electron chi connectivity index (χ4n) is 1.96. The highest BCUT2D eigenvalue weighted by Gasteiger charge is 2.26. The minimum absolute atomic E-state index is 0.202. The van der Waals surface area contributed by atoms with Crippen LogP contribution in [0.5, 0.6) is 0 Å². The molecule has 0 amide bonds. The quantitative estimate of drug-likeness (QED) is 0.633. The Morgan fingerprint density at radius 1 is 1.47 bits per heavy atom. The van der Waals surface area contributed by atoms with Gasteiger partial charge in [0.15, 0.2) is 5.76 Å². The molecule has 1 heterocycles. The van der Waals surface area contributed by atoms with Gasteiger partial charge in [-0.3, -0.25) is 0 Å². The van der Waals surface area contributed by atoms with E-state index in [-0.39, 0.29) is 5.82 Å². The number of aromatic nitrogens is 1. The topological polar surface area (TPSA) is 26.0 Å². The Balaban J connectivity index is 2.20. The van der Waals surface area contributed by atoms with Gasteiger partial charge in [0.1, 0.15) is 5.82 Å². The lowest BCUT2D eigenvalue weighted by Crippen LogP contribution is -1.87. The summed E-state index contributed by atoms with van der Waals surface area (Å²) in [6.07, 6.45) is 0.715. The Hall–Kier alpha value is -1.16. The zero-order valence-electron chi connectivity index (χ0n) is 7.76. The molecule has 0 spiro atoms. The molecule has 2 aromatic rings. The number of rotatable bonds is 1. The molecule has 1 aliphatic rings. The molecule has 0 fully saturated rings. The average molecular weight is 268 g/mol. The molecule has 0 atom stereocenters. The molecule has 0 radical (unpaired) electrons. The number of nitrogens with zero attached hydrogens (tertiary/aromatic N) is 1. The van der Waals surface area contributed by atoms with Crippen molar-refractivity contribution >= 4 is 15.9 Å². The maximum Gasteiger partial charge on any atom is 0.170 e. The van der Waals surface area contributed by atoms with Gasteiger partial charge in [-0.1, -0.05) is 21.1 Å². The van der Waals surface area contributed by atoms with Crippen LogP contribution in [0.1, 0.15) is 16.8 Å². The van der Waals surface area contributed by atoms with Gasteiger partial charge >= 0.3 is 0 Å². The van der Waals surface area contributed by atoms with Gasteiger partial charge in [0.2, 0.25) is 0 Å². The average Bonchev–Trinajstić information content (AvgIpc) is 2.74. The third-order valence-corrected chi connectivity index (χ3v) is 3.21. The van der Waals surface area contributed by atoms with Gasteiger partial charge in [0, 0.05) is 22.9 Å². The number of fused-ring (bicyclic) bond motifs is 3. The van der Waals surface area contributed by atoms with E-state index in [9.17, 15) is 4.39 Å². The molecule has 76 valence electrons. The van der Waals surface area contributed by atoms with Crippen LogP contribution in [-0.2, 0) is 11.8 Å². The first kappa shape index (κ1) is 9.09. The van der Waals surface area contributed by atoms with E-state index in [4.69, 9.17) is 4.52 Å². The molecule has 4 heteroatoms. The highest BCUT2D eigenvalue weighted by atomic mass is 79.9. The fourth-order valence-corrected chi connectivity index (χ4v) is 2.40. The first-order valence-electron chi connectivity index (χ1n) is 4.62. The maximum absolute atomic E-state index is 13.0. The third kappa shape index (κ3) is 1.24. The van der Waals surface area contributed by atoms with Crippen molar-refractivity contribution in [3.63, 3.8) is 0 Å².